The van der Waals surface area contributed by atoms with Crippen molar-refractivity contribution in [2.45, 2.75) is 13.8 Å². The van der Waals surface area contributed by atoms with Crippen LogP contribution in [0.4, 0.5) is 26.1 Å². The van der Waals surface area contributed by atoms with E-state index in [4.69, 9.17) is 0 Å². The van der Waals surface area contributed by atoms with Crippen molar-refractivity contribution in [3.8, 4) is 0 Å². The van der Waals surface area contributed by atoms with Crippen LogP contribution in [0.1, 0.15) is 21.5 Å². The van der Waals surface area contributed by atoms with E-state index >= 15 is 0 Å². The van der Waals surface area contributed by atoms with E-state index in [1.807, 2.05) is 32.0 Å². The lowest BCUT2D eigenvalue weighted by molar-refractivity contribution is 0.102. The van der Waals surface area contributed by atoms with Crippen LogP contribution in [0, 0.1) is 25.5 Å². The average molecular weight is 354 g/mol. The molecule has 2 aromatic carbocycles. The first-order valence-corrected chi connectivity index (χ1v) is 7.86. The van der Waals surface area contributed by atoms with Crippen molar-refractivity contribution in [3.05, 3.63) is 77.1 Å². The van der Waals surface area contributed by atoms with Crippen LogP contribution in [-0.2, 0) is 0 Å². The molecule has 0 spiro atoms. The smallest absolute Gasteiger partial charge is 0.258 e. The van der Waals surface area contributed by atoms with Gasteiger partial charge in [0.05, 0.1) is 5.56 Å². The van der Waals surface area contributed by atoms with Crippen molar-refractivity contribution in [1.82, 2.24) is 9.97 Å². The number of halogens is 2. The highest BCUT2D eigenvalue weighted by Crippen LogP contribution is 2.22. The van der Waals surface area contributed by atoms with Gasteiger partial charge >= 0.3 is 0 Å². The Balaban J connectivity index is 1.76. The average Bonchev–Trinajstić information content (AvgIpc) is 2.62. The van der Waals surface area contributed by atoms with Crippen LogP contribution in [0.3, 0.4) is 0 Å². The molecule has 1 amide bonds. The molecule has 0 radical (unpaired) electrons. The number of hydrogen-bond acceptors (Lipinski definition) is 4. The number of benzene rings is 2. The summed E-state index contributed by atoms with van der Waals surface area (Å²) < 4.78 is 27.3. The molecular formula is C19H16F2N4O. The van der Waals surface area contributed by atoms with Crippen LogP contribution in [0.5, 0.6) is 0 Å². The van der Waals surface area contributed by atoms with E-state index < -0.39 is 11.6 Å². The molecular weight excluding hydrogens is 338 g/mol. The highest BCUT2D eigenvalue weighted by molar-refractivity contribution is 6.04. The van der Waals surface area contributed by atoms with Gasteiger partial charge in [0, 0.05) is 18.1 Å². The van der Waals surface area contributed by atoms with Gasteiger partial charge in [-0.1, -0.05) is 24.3 Å². The van der Waals surface area contributed by atoms with E-state index in [-0.39, 0.29) is 23.1 Å². The molecule has 0 bridgehead atoms. The second-order valence-electron chi connectivity index (χ2n) is 5.74. The molecule has 0 atom stereocenters. The molecule has 26 heavy (non-hydrogen) atoms. The zero-order valence-corrected chi connectivity index (χ0v) is 14.2. The maximum absolute atomic E-state index is 13.6. The predicted molar refractivity (Wildman–Crippen MR) is 95.5 cm³/mol. The second-order valence-corrected chi connectivity index (χ2v) is 5.74. The lowest BCUT2D eigenvalue weighted by Crippen LogP contribution is -2.15. The van der Waals surface area contributed by atoms with Crippen molar-refractivity contribution in [1.29, 1.82) is 0 Å². The summed E-state index contributed by atoms with van der Waals surface area (Å²) >= 11 is 0. The largest absolute Gasteiger partial charge is 0.321 e. The van der Waals surface area contributed by atoms with Gasteiger partial charge in [0.25, 0.3) is 5.91 Å². The van der Waals surface area contributed by atoms with E-state index in [0.29, 0.717) is 0 Å². The maximum atomic E-state index is 13.6. The fourth-order valence-electron chi connectivity index (χ4n) is 2.44. The predicted octanol–water partition coefficient (Wildman–Crippen LogP) is 4.37. The number of para-hydroxylation sites is 2. The molecule has 0 fully saturated rings. The minimum Gasteiger partial charge on any atom is -0.321 e. The maximum Gasteiger partial charge on any atom is 0.258 e. The van der Waals surface area contributed by atoms with Crippen molar-refractivity contribution in [2.24, 2.45) is 0 Å². The molecule has 3 rings (SSSR count). The summed E-state index contributed by atoms with van der Waals surface area (Å²) in [4.78, 5) is 20.3. The lowest BCUT2D eigenvalue weighted by Gasteiger charge is -2.11. The normalized spacial score (nSPS) is 10.5. The standard InChI is InChI=1S/C19H16F2N4O/c1-11-5-3-6-12(2)16(11)24-18(26)13-9-22-19(23-10-13)25-17-14(20)7-4-8-15(17)21/h3-10H,1-2H3,(H,24,26)(H,22,23,25). The number of anilines is 3. The Kier molecular flexibility index (Phi) is 4.88. The Hall–Kier alpha value is -3.35. The monoisotopic (exact) mass is 354 g/mol. The highest BCUT2D eigenvalue weighted by Gasteiger charge is 2.13. The molecule has 0 aliphatic carbocycles. The Morgan fingerprint density at radius 3 is 2.00 bits per heavy atom. The first-order chi connectivity index (χ1) is 12.5. The second kappa shape index (κ2) is 7.26. The molecule has 0 unspecified atom stereocenters. The zero-order valence-electron chi connectivity index (χ0n) is 14.2. The van der Waals surface area contributed by atoms with Gasteiger partial charge in [0.15, 0.2) is 0 Å². The molecule has 7 heteroatoms. The van der Waals surface area contributed by atoms with Crippen molar-refractivity contribution < 1.29 is 13.6 Å². The highest BCUT2D eigenvalue weighted by atomic mass is 19.1. The quantitative estimate of drug-likeness (QED) is 0.730. The third-order valence-corrected chi connectivity index (χ3v) is 3.83. The van der Waals surface area contributed by atoms with E-state index in [0.717, 1.165) is 28.9 Å². The number of rotatable bonds is 4. The van der Waals surface area contributed by atoms with Gasteiger partial charge in [-0.25, -0.2) is 18.7 Å². The minimum atomic E-state index is -0.759. The molecule has 1 aromatic heterocycles. The van der Waals surface area contributed by atoms with Crippen molar-refractivity contribution in [3.63, 3.8) is 0 Å². The van der Waals surface area contributed by atoms with Crippen molar-refractivity contribution >= 4 is 23.2 Å². The van der Waals surface area contributed by atoms with Crippen LogP contribution in [-0.4, -0.2) is 15.9 Å². The summed E-state index contributed by atoms with van der Waals surface area (Å²) in [5.74, 6) is -1.90. The summed E-state index contributed by atoms with van der Waals surface area (Å²) in [5, 5.41) is 5.29. The van der Waals surface area contributed by atoms with E-state index in [1.54, 1.807) is 0 Å². The first-order valence-electron chi connectivity index (χ1n) is 7.86. The number of amides is 1. The molecule has 0 aliphatic rings. The fourth-order valence-corrected chi connectivity index (χ4v) is 2.44. The topological polar surface area (TPSA) is 66.9 Å². The summed E-state index contributed by atoms with van der Waals surface area (Å²) in [7, 11) is 0. The number of nitrogens with zero attached hydrogens (tertiary/aromatic N) is 2. The van der Waals surface area contributed by atoms with Gasteiger partial charge in [-0.15, -0.1) is 0 Å². The molecule has 3 aromatic rings. The fraction of sp³-hybridized carbons (Fsp3) is 0.105. The lowest BCUT2D eigenvalue weighted by atomic mass is 10.1. The Labute approximate surface area is 149 Å². The van der Waals surface area contributed by atoms with Crippen LogP contribution >= 0.6 is 0 Å². The minimum absolute atomic E-state index is 0.0161. The van der Waals surface area contributed by atoms with Crippen LogP contribution in [0.25, 0.3) is 0 Å². The SMILES string of the molecule is Cc1cccc(C)c1NC(=O)c1cnc(Nc2c(F)cccc2F)nc1. The third kappa shape index (κ3) is 3.66. The third-order valence-electron chi connectivity index (χ3n) is 3.83. The van der Waals surface area contributed by atoms with Gasteiger partial charge in [-0.05, 0) is 37.1 Å². The van der Waals surface area contributed by atoms with E-state index in [1.165, 1.54) is 18.5 Å². The van der Waals surface area contributed by atoms with Gasteiger partial charge in [-0.3, -0.25) is 4.79 Å². The number of aryl methyl sites for hydroxylation is 2. The molecule has 1 heterocycles. The van der Waals surface area contributed by atoms with E-state index in [9.17, 15) is 13.6 Å². The van der Waals surface area contributed by atoms with Gasteiger partial charge in [0.2, 0.25) is 5.95 Å². The molecule has 5 nitrogen and oxygen atoms in total. The molecule has 0 saturated heterocycles. The van der Waals surface area contributed by atoms with Crippen molar-refractivity contribution in [2.75, 3.05) is 10.6 Å². The Bertz CT molecular complexity index is 918. The summed E-state index contributed by atoms with van der Waals surface area (Å²) in [6.45, 7) is 3.80. The first kappa shape index (κ1) is 17.5. The molecule has 0 aliphatic heterocycles. The summed E-state index contributed by atoms with van der Waals surface area (Å²) in [6, 6.07) is 9.21. The number of carbonyl (C=O) groups excluding carboxylic acids is 1. The molecule has 132 valence electrons. The van der Waals surface area contributed by atoms with Gasteiger partial charge in [0.1, 0.15) is 17.3 Å². The molecule has 2 N–H and O–H groups in total. The number of nitrogens with one attached hydrogen (secondary N) is 2. The van der Waals surface area contributed by atoms with Gasteiger partial charge in [-0.2, -0.15) is 0 Å². The summed E-state index contributed by atoms with van der Waals surface area (Å²) in [6.07, 6.45) is 2.58. The Morgan fingerprint density at radius 1 is 0.885 bits per heavy atom. The molecule has 0 saturated carbocycles. The number of aromatic nitrogens is 2. The zero-order chi connectivity index (χ0) is 18.7. The number of carbonyl (C=O) groups is 1. The van der Waals surface area contributed by atoms with Crippen LogP contribution in [0.15, 0.2) is 48.8 Å². The van der Waals surface area contributed by atoms with Gasteiger partial charge < -0.3 is 10.6 Å². The van der Waals surface area contributed by atoms with Crippen LogP contribution < -0.4 is 10.6 Å². The van der Waals surface area contributed by atoms with Crippen LogP contribution in [0.2, 0.25) is 0 Å². The van der Waals surface area contributed by atoms with E-state index in [2.05, 4.69) is 20.6 Å². The number of hydrogen-bond donors (Lipinski definition) is 2. The summed E-state index contributed by atoms with van der Waals surface area (Å²) in [5.41, 5.74) is 2.49. The Morgan fingerprint density at radius 2 is 1.42 bits per heavy atom.